The molecule has 0 spiro atoms. The van der Waals surface area contributed by atoms with E-state index in [-0.39, 0.29) is 29.0 Å². The van der Waals surface area contributed by atoms with Crippen LogP contribution in [0.25, 0.3) is 16.8 Å². The van der Waals surface area contributed by atoms with Crippen LogP contribution < -0.4 is 0 Å². The SMILES string of the molecule is OC(c1cccnc1)c1c(-c2ccc(Cl)cc2)noc1C1=CC=CCC1C(F)(F)F. The van der Waals surface area contributed by atoms with Crippen LogP contribution in [0.15, 0.2) is 71.5 Å². The van der Waals surface area contributed by atoms with E-state index in [2.05, 4.69) is 10.1 Å². The number of benzene rings is 1. The van der Waals surface area contributed by atoms with Gasteiger partial charge in [-0.15, -0.1) is 0 Å². The number of aliphatic hydroxyl groups excluding tert-OH is 1. The minimum atomic E-state index is -4.47. The van der Waals surface area contributed by atoms with Gasteiger partial charge in [0.05, 0.1) is 11.5 Å². The highest BCUT2D eigenvalue weighted by Crippen LogP contribution is 2.45. The Hall–Kier alpha value is -2.90. The first-order valence-electron chi connectivity index (χ1n) is 9.13. The van der Waals surface area contributed by atoms with Crippen molar-refractivity contribution in [2.45, 2.75) is 18.7 Å². The molecule has 0 aliphatic heterocycles. The van der Waals surface area contributed by atoms with Gasteiger partial charge in [-0.25, -0.2) is 0 Å². The molecule has 30 heavy (non-hydrogen) atoms. The fourth-order valence-corrected chi connectivity index (χ4v) is 3.58. The number of pyridine rings is 1. The Morgan fingerprint density at radius 2 is 1.93 bits per heavy atom. The molecule has 0 bridgehead atoms. The first-order chi connectivity index (χ1) is 14.4. The molecule has 4 nitrogen and oxygen atoms in total. The van der Waals surface area contributed by atoms with Crippen LogP contribution in [-0.2, 0) is 0 Å². The van der Waals surface area contributed by atoms with Crippen LogP contribution in [0.4, 0.5) is 13.2 Å². The van der Waals surface area contributed by atoms with Crippen LogP contribution >= 0.6 is 11.6 Å². The van der Waals surface area contributed by atoms with Gasteiger partial charge in [0.2, 0.25) is 0 Å². The minimum Gasteiger partial charge on any atom is -0.383 e. The number of rotatable bonds is 4. The molecule has 0 fully saturated rings. The summed E-state index contributed by atoms with van der Waals surface area (Å²) in [5.74, 6) is -1.85. The summed E-state index contributed by atoms with van der Waals surface area (Å²) in [5, 5.41) is 15.6. The van der Waals surface area contributed by atoms with Crippen molar-refractivity contribution in [2.75, 3.05) is 0 Å². The lowest BCUT2D eigenvalue weighted by atomic mass is 9.85. The number of halogens is 4. The highest BCUT2D eigenvalue weighted by Gasteiger charge is 2.44. The van der Waals surface area contributed by atoms with E-state index >= 15 is 0 Å². The summed E-state index contributed by atoms with van der Waals surface area (Å²) < 4.78 is 46.5. The van der Waals surface area contributed by atoms with Gasteiger partial charge in [-0.3, -0.25) is 4.98 Å². The molecule has 2 unspecified atom stereocenters. The minimum absolute atomic E-state index is 0.0735. The van der Waals surface area contributed by atoms with E-state index in [0.717, 1.165) is 0 Å². The number of aromatic nitrogens is 2. The molecule has 1 N–H and O–H groups in total. The van der Waals surface area contributed by atoms with E-state index in [1.54, 1.807) is 48.7 Å². The average molecular weight is 433 g/mol. The third-order valence-electron chi connectivity index (χ3n) is 4.94. The van der Waals surface area contributed by atoms with Gasteiger partial charge in [0, 0.05) is 34.1 Å². The summed E-state index contributed by atoms with van der Waals surface area (Å²) in [6.45, 7) is 0. The number of alkyl halides is 3. The summed E-state index contributed by atoms with van der Waals surface area (Å²) in [6.07, 6.45) is 1.37. The Kier molecular flexibility index (Phi) is 5.49. The van der Waals surface area contributed by atoms with Gasteiger partial charge in [-0.1, -0.05) is 53.2 Å². The highest BCUT2D eigenvalue weighted by atomic mass is 35.5. The van der Waals surface area contributed by atoms with E-state index in [1.807, 2.05) is 0 Å². The van der Waals surface area contributed by atoms with Crippen molar-refractivity contribution in [1.29, 1.82) is 0 Å². The maximum atomic E-state index is 13.7. The number of hydrogen-bond acceptors (Lipinski definition) is 4. The molecule has 0 radical (unpaired) electrons. The Balaban J connectivity index is 1.90. The van der Waals surface area contributed by atoms with Crippen LogP contribution in [0.1, 0.15) is 29.4 Å². The molecule has 8 heteroatoms. The molecule has 0 saturated carbocycles. The largest absolute Gasteiger partial charge is 0.396 e. The molecule has 4 rings (SSSR count). The lowest BCUT2D eigenvalue weighted by Crippen LogP contribution is -2.25. The zero-order valence-corrected chi connectivity index (χ0v) is 16.2. The zero-order chi connectivity index (χ0) is 21.3. The predicted octanol–water partition coefficient (Wildman–Crippen LogP) is 5.99. The molecular formula is C22H16ClF3N2O2. The van der Waals surface area contributed by atoms with E-state index in [1.165, 1.54) is 18.3 Å². The first-order valence-corrected chi connectivity index (χ1v) is 9.51. The normalized spacial score (nSPS) is 17.6. The van der Waals surface area contributed by atoms with Crippen LogP contribution in [0.2, 0.25) is 5.02 Å². The molecule has 2 heterocycles. The molecule has 1 aromatic carbocycles. The monoisotopic (exact) mass is 432 g/mol. The molecule has 154 valence electrons. The second kappa shape index (κ2) is 8.08. The van der Waals surface area contributed by atoms with Crippen molar-refractivity contribution in [2.24, 2.45) is 5.92 Å². The summed E-state index contributed by atoms with van der Waals surface area (Å²) >= 11 is 5.95. The number of hydrogen-bond donors (Lipinski definition) is 1. The van der Waals surface area contributed by atoms with Gasteiger partial charge < -0.3 is 9.63 Å². The lowest BCUT2D eigenvalue weighted by Gasteiger charge is -2.24. The molecule has 1 aliphatic rings. The van der Waals surface area contributed by atoms with Crippen LogP contribution in [0.3, 0.4) is 0 Å². The average Bonchev–Trinajstić information content (AvgIpc) is 3.18. The summed E-state index contributed by atoms with van der Waals surface area (Å²) in [4.78, 5) is 3.99. The number of aliphatic hydroxyl groups is 1. The Bertz CT molecular complexity index is 1090. The van der Waals surface area contributed by atoms with Crippen molar-refractivity contribution in [3.8, 4) is 11.3 Å². The Morgan fingerprint density at radius 3 is 2.60 bits per heavy atom. The Morgan fingerprint density at radius 1 is 1.17 bits per heavy atom. The van der Waals surface area contributed by atoms with E-state index in [4.69, 9.17) is 16.1 Å². The second-order valence-corrected chi connectivity index (χ2v) is 7.29. The van der Waals surface area contributed by atoms with Crippen LogP contribution in [0, 0.1) is 5.92 Å². The first kappa shape index (κ1) is 20.4. The maximum absolute atomic E-state index is 13.7. The maximum Gasteiger partial charge on any atom is 0.396 e. The zero-order valence-electron chi connectivity index (χ0n) is 15.5. The van der Waals surface area contributed by atoms with Gasteiger partial charge in [-0.05, 0) is 24.6 Å². The topological polar surface area (TPSA) is 59.2 Å². The van der Waals surface area contributed by atoms with Gasteiger partial charge in [0.1, 0.15) is 11.8 Å². The number of nitrogens with zero attached hydrogens (tertiary/aromatic N) is 2. The van der Waals surface area contributed by atoms with Gasteiger partial charge in [0.25, 0.3) is 0 Å². The second-order valence-electron chi connectivity index (χ2n) is 6.85. The molecule has 0 saturated heterocycles. The lowest BCUT2D eigenvalue weighted by molar-refractivity contribution is -0.157. The molecule has 1 aliphatic carbocycles. The van der Waals surface area contributed by atoms with E-state index < -0.39 is 18.2 Å². The summed E-state index contributed by atoms with van der Waals surface area (Å²) in [7, 11) is 0. The van der Waals surface area contributed by atoms with Gasteiger partial charge in [0.15, 0.2) is 5.76 Å². The van der Waals surface area contributed by atoms with E-state index in [9.17, 15) is 18.3 Å². The smallest absolute Gasteiger partial charge is 0.383 e. The van der Waals surface area contributed by atoms with Crippen molar-refractivity contribution < 1.29 is 22.8 Å². The molecular weight excluding hydrogens is 417 g/mol. The molecule has 0 amide bonds. The molecule has 3 aromatic rings. The third-order valence-corrected chi connectivity index (χ3v) is 5.19. The fourth-order valence-electron chi connectivity index (χ4n) is 3.45. The van der Waals surface area contributed by atoms with Gasteiger partial charge in [-0.2, -0.15) is 13.2 Å². The van der Waals surface area contributed by atoms with Crippen molar-refractivity contribution in [3.05, 3.63) is 88.9 Å². The van der Waals surface area contributed by atoms with Gasteiger partial charge >= 0.3 is 6.18 Å². The highest BCUT2D eigenvalue weighted by molar-refractivity contribution is 6.30. The quantitative estimate of drug-likeness (QED) is 0.549. The van der Waals surface area contributed by atoms with Crippen LogP contribution in [-0.4, -0.2) is 21.4 Å². The van der Waals surface area contributed by atoms with E-state index in [0.29, 0.717) is 16.1 Å². The van der Waals surface area contributed by atoms with Crippen molar-refractivity contribution in [3.63, 3.8) is 0 Å². The van der Waals surface area contributed by atoms with Crippen LogP contribution in [0.5, 0.6) is 0 Å². The van der Waals surface area contributed by atoms with Crippen molar-refractivity contribution >= 4 is 17.2 Å². The third kappa shape index (κ3) is 3.91. The molecule has 2 atom stereocenters. The standard InChI is InChI=1S/C22H16ClF3N2O2/c23-15-9-7-13(8-10-15)19-18(20(29)14-4-3-11-27-12-14)21(30-28-19)16-5-1-2-6-17(16)22(24,25)26/h1-5,7-12,17,20,29H,6H2. The summed E-state index contributed by atoms with van der Waals surface area (Å²) in [5.41, 5.74) is 1.29. The predicted molar refractivity (Wildman–Crippen MR) is 107 cm³/mol. The fraction of sp³-hybridized carbons (Fsp3) is 0.182. The summed E-state index contributed by atoms with van der Waals surface area (Å²) in [6, 6.07) is 9.87. The van der Waals surface area contributed by atoms with Crippen molar-refractivity contribution in [1.82, 2.24) is 10.1 Å². The molecule has 2 aromatic heterocycles. The number of allylic oxidation sites excluding steroid dienone is 4. The Labute approximate surface area is 175 Å².